The summed E-state index contributed by atoms with van der Waals surface area (Å²) in [6.45, 7) is 0.885. The Bertz CT molecular complexity index is 264. The summed E-state index contributed by atoms with van der Waals surface area (Å²) in [6.07, 6.45) is 3.77. The number of aromatic nitrogens is 2. The van der Waals surface area contributed by atoms with Crippen LogP contribution in [0.4, 0.5) is 0 Å². The summed E-state index contributed by atoms with van der Waals surface area (Å²) >= 11 is 1.72. The molecule has 0 radical (unpaired) electrons. The lowest BCUT2D eigenvalue weighted by atomic mass is 10.3. The predicted octanol–water partition coefficient (Wildman–Crippen LogP) is 1.99. The fourth-order valence-corrected chi connectivity index (χ4v) is 1.62. The van der Waals surface area contributed by atoms with E-state index < -0.39 is 0 Å². The summed E-state index contributed by atoms with van der Waals surface area (Å²) < 4.78 is 1.92. The summed E-state index contributed by atoms with van der Waals surface area (Å²) in [4.78, 5) is 0. The Kier molecular flexibility index (Phi) is 1.73. The lowest BCUT2D eigenvalue weighted by molar-refractivity contribution is 0.688. The van der Waals surface area contributed by atoms with E-state index in [0.717, 1.165) is 6.54 Å². The molecule has 2 aromatic heterocycles. The highest BCUT2D eigenvalue weighted by Gasteiger charge is 1.93. The lowest BCUT2D eigenvalue weighted by Gasteiger charge is -1.95. The summed E-state index contributed by atoms with van der Waals surface area (Å²) in [7, 11) is 0. The number of hydrogen-bond acceptors (Lipinski definition) is 2. The van der Waals surface area contributed by atoms with Gasteiger partial charge in [-0.3, -0.25) is 4.68 Å². The Morgan fingerprint density at radius 2 is 2.55 bits per heavy atom. The molecule has 0 aliphatic rings. The Balaban J connectivity index is 2.14. The van der Waals surface area contributed by atoms with Crippen LogP contribution in [0.3, 0.4) is 0 Å². The zero-order chi connectivity index (χ0) is 7.52. The number of nitrogens with zero attached hydrogens (tertiary/aromatic N) is 2. The van der Waals surface area contributed by atoms with Crippen LogP contribution in [0, 0.1) is 0 Å². The van der Waals surface area contributed by atoms with Gasteiger partial charge in [-0.2, -0.15) is 16.4 Å². The minimum absolute atomic E-state index is 0.885. The Morgan fingerprint density at radius 1 is 1.55 bits per heavy atom. The zero-order valence-electron chi connectivity index (χ0n) is 5.97. The molecule has 0 amide bonds. The normalized spacial score (nSPS) is 10.2. The molecule has 0 aliphatic heterocycles. The van der Waals surface area contributed by atoms with E-state index >= 15 is 0 Å². The van der Waals surface area contributed by atoms with Gasteiger partial charge in [0.1, 0.15) is 0 Å². The highest BCUT2D eigenvalue weighted by atomic mass is 32.1. The van der Waals surface area contributed by atoms with Gasteiger partial charge in [-0.1, -0.05) is 0 Å². The number of hydrogen-bond donors (Lipinski definition) is 0. The first-order valence-electron chi connectivity index (χ1n) is 3.43. The molecule has 11 heavy (non-hydrogen) atoms. The van der Waals surface area contributed by atoms with E-state index in [9.17, 15) is 0 Å². The summed E-state index contributed by atoms with van der Waals surface area (Å²) in [5.41, 5.74) is 1.32. The van der Waals surface area contributed by atoms with Gasteiger partial charge >= 0.3 is 0 Å². The monoisotopic (exact) mass is 164 g/mol. The van der Waals surface area contributed by atoms with Crippen LogP contribution in [0.1, 0.15) is 5.56 Å². The minimum Gasteiger partial charge on any atom is -0.268 e. The average molecular weight is 164 g/mol. The molecule has 0 fully saturated rings. The molecule has 0 saturated heterocycles. The average Bonchev–Trinajstić information content (AvgIpc) is 2.60. The molecule has 0 atom stereocenters. The van der Waals surface area contributed by atoms with Crippen LogP contribution in [-0.4, -0.2) is 9.78 Å². The summed E-state index contributed by atoms with van der Waals surface area (Å²) in [5, 5.41) is 8.34. The van der Waals surface area contributed by atoms with E-state index in [1.165, 1.54) is 5.56 Å². The van der Waals surface area contributed by atoms with Crippen molar-refractivity contribution in [3.63, 3.8) is 0 Å². The summed E-state index contributed by atoms with van der Waals surface area (Å²) in [5.74, 6) is 0. The molecule has 0 saturated carbocycles. The quantitative estimate of drug-likeness (QED) is 0.663. The number of rotatable bonds is 2. The van der Waals surface area contributed by atoms with Crippen LogP contribution >= 0.6 is 11.3 Å². The van der Waals surface area contributed by atoms with Gasteiger partial charge in [-0.15, -0.1) is 0 Å². The van der Waals surface area contributed by atoms with Crippen LogP contribution in [0.15, 0.2) is 35.3 Å². The molecule has 0 spiro atoms. The van der Waals surface area contributed by atoms with Crippen molar-refractivity contribution in [1.82, 2.24) is 9.78 Å². The molecular weight excluding hydrogens is 156 g/mol. The third-order valence-electron chi connectivity index (χ3n) is 1.48. The first-order valence-corrected chi connectivity index (χ1v) is 4.38. The molecular formula is C8H8N2S. The fraction of sp³-hybridized carbons (Fsp3) is 0.125. The van der Waals surface area contributed by atoms with E-state index in [1.807, 2.05) is 16.9 Å². The van der Waals surface area contributed by atoms with Crippen molar-refractivity contribution in [2.75, 3.05) is 0 Å². The molecule has 2 nitrogen and oxygen atoms in total. The molecule has 56 valence electrons. The molecule has 0 bridgehead atoms. The van der Waals surface area contributed by atoms with E-state index in [0.29, 0.717) is 0 Å². The fourth-order valence-electron chi connectivity index (χ4n) is 0.964. The van der Waals surface area contributed by atoms with Crippen molar-refractivity contribution >= 4 is 11.3 Å². The van der Waals surface area contributed by atoms with Crippen LogP contribution in [0.25, 0.3) is 0 Å². The molecule has 0 aliphatic carbocycles. The van der Waals surface area contributed by atoms with E-state index in [1.54, 1.807) is 17.5 Å². The maximum atomic E-state index is 4.11. The second-order valence-electron chi connectivity index (χ2n) is 2.34. The Hall–Kier alpha value is -1.09. The third-order valence-corrected chi connectivity index (χ3v) is 2.22. The van der Waals surface area contributed by atoms with E-state index in [2.05, 4.69) is 21.9 Å². The van der Waals surface area contributed by atoms with Crippen molar-refractivity contribution in [2.45, 2.75) is 6.54 Å². The molecule has 0 unspecified atom stereocenters. The van der Waals surface area contributed by atoms with Crippen LogP contribution in [0.5, 0.6) is 0 Å². The lowest BCUT2D eigenvalue weighted by Crippen LogP contribution is -1.97. The summed E-state index contributed by atoms with van der Waals surface area (Å²) in [6, 6.07) is 4.05. The van der Waals surface area contributed by atoms with Gasteiger partial charge in [-0.05, 0) is 28.5 Å². The standard InChI is InChI=1S/C8H8N2S/c1-3-9-10(4-1)6-8-2-5-11-7-8/h1-5,7H,6H2. The molecule has 3 heteroatoms. The molecule has 0 N–H and O–H groups in total. The third kappa shape index (κ3) is 1.49. The van der Waals surface area contributed by atoms with Gasteiger partial charge in [0.05, 0.1) is 6.54 Å². The van der Waals surface area contributed by atoms with Crippen LogP contribution in [-0.2, 0) is 6.54 Å². The maximum absolute atomic E-state index is 4.11. The van der Waals surface area contributed by atoms with Crippen LogP contribution < -0.4 is 0 Å². The molecule has 2 rings (SSSR count). The van der Waals surface area contributed by atoms with Gasteiger partial charge in [0.2, 0.25) is 0 Å². The van der Waals surface area contributed by atoms with Gasteiger partial charge in [0.15, 0.2) is 0 Å². The Labute approximate surface area is 69.1 Å². The first-order chi connectivity index (χ1) is 5.45. The molecule has 0 aromatic carbocycles. The minimum atomic E-state index is 0.885. The van der Waals surface area contributed by atoms with E-state index in [-0.39, 0.29) is 0 Å². The molecule has 2 heterocycles. The highest BCUT2D eigenvalue weighted by molar-refractivity contribution is 7.07. The topological polar surface area (TPSA) is 17.8 Å². The van der Waals surface area contributed by atoms with Crippen molar-refractivity contribution in [2.24, 2.45) is 0 Å². The molecule has 2 aromatic rings. The largest absolute Gasteiger partial charge is 0.268 e. The number of thiophene rings is 1. The second-order valence-corrected chi connectivity index (χ2v) is 3.12. The predicted molar refractivity (Wildman–Crippen MR) is 45.6 cm³/mol. The zero-order valence-corrected chi connectivity index (χ0v) is 6.79. The maximum Gasteiger partial charge on any atom is 0.0667 e. The SMILES string of the molecule is c1cnn(Cc2ccsc2)c1. The van der Waals surface area contributed by atoms with Crippen molar-refractivity contribution < 1.29 is 0 Å². The van der Waals surface area contributed by atoms with Crippen LogP contribution in [0.2, 0.25) is 0 Å². The van der Waals surface area contributed by atoms with Gasteiger partial charge in [0, 0.05) is 12.4 Å². The van der Waals surface area contributed by atoms with Gasteiger partial charge < -0.3 is 0 Å². The van der Waals surface area contributed by atoms with Gasteiger partial charge in [-0.25, -0.2) is 0 Å². The van der Waals surface area contributed by atoms with Crippen molar-refractivity contribution in [1.29, 1.82) is 0 Å². The van der Waals surface area contributed by atoms with E-state index in [4.69, 9.17) is 0 Å². The van der Waals surface area contributed by atoms with Crippen molar-refractivity contribution in [3.8, 4) is 0 Å². The highest BCUT2D eigenvalue weighted by Crippen LogP contribution is 2.06. The Morgan fingerprint density at radius 3 is 3.18 bits per heavy atom. The van der Waals surface area contributed by atoms with Crippen molar-refractivity contribution in [3.05, 3.63) is 40.8 Å². The first kappa shape index (κ1) is 6.61. The smallest absolute Gasteiger partial charge is 0.0667 e. The second kappa shape index (κ2) is 2.88. The van der Waals surface area contributed by atoms with Gasteiger partial charge in [0.25, 0.3) is 0 Å².